The van der Waals surface area contributed by atoms with Gasteiger partial charge in [0.25, 0.3) is 0 Å². The second-order valence-corrected chi connectivity index (χ2v) is 4.74. The standard InChI is InChI=1S/C16H16F3NO/c1-9-6-11(13(18)8-12(9)17)16(20-2)10-4-5-15(21-3)14(19)7-10/h4-8,16,20H,1-3H3. The van der Waals surface area contributed by atoms with Crippen LogP contribution in [-0.4, -0.2) is 14.2 Å². The summed E-state index contributed by atoms with van der Waals surface area (Å²) in [6.45, 7) is 1.56. The van der Waals surface area contributed by atoms with Gasteiger partial charge in [-0.15, -0.1) is 0 Å². The lowest BCUT2D eigenvalue weighted by molar-refractivity contribution is 0.385. The highest BCUT2D eigenvalue weighted by molar-refractivity contribution is 5.38. The molecule has 0 amide bonds. The number of rotatable bonds is 4. The number of methoxy groups -OCH3 is 1. The van der Waals surface area contributed by atoms with Crippen LogP contribution in [0.5, 0.6) is 5.75 Å². The molecule has 0 aliphatic heterocycles. The van der Waals surface area contributed by atoms with E-state index in [-0.39, 0.29) is 11.3 Å². The Kier molecular flexibility index (Phi) is 4.53. The molecule has 112 valence electrons. The third-order valence-electron chi connectivity index (χ3n) is 3.39. The number of halogens is 3. The Morgan fingerprint density at radius 1 is 1.00 bits per heavy atom. The third kappa shape index (κ3) is 3.03. The van der Waals surface area contributed by atoms with Gasteiger partial charge < -0.3 is 10.1 Å². The average molecular weight is 295 g/mol. The van der Waals surface area contributed by atoms with Gasteiger partial charge in [0.1, 0.15) is 11.6 Å². The summed E-state index contributed by atoms with van der Waals surface area (Å²) in [7, 11) is 3.00. The van der Waals surface area contributed by atoms with E-state index in [9.17, 15) is 13.2 Å². The maximum atomic E-state index is 14.0. The first kappa shape index (κ1) is 15.4. The Bertz CT molecular complexity index is 658. The molecule has 0 saturated carbocycles. The lowest BCUT2D eigenvalue weighted by Crippen LogP contribution is -2.19. The first-order valence-corrected chi connectivity index (χ1v) is 6.44. The van der Waals surface area contributed by atoms with Gasteiger partial charge in [0, 0.05) is 11.6 Å². The molecule has 0 saturated heterocycles. The van der Waals surface area contributed by atoms with E-state index in [1.807, 2.05) is 0 Å². The molecule has 1 N–H and O–H groups in total. The van der Waals surface area contributed by atoms with Crippen molar-refractivity contribution in [2.45, 2.75) is 13.0 Å². The van der Waals surface area contributed by atoms with Gasteiger partial charge in [-0.3, -0.25) is 0 Å². The Labute approximate surface area is 121 Å². The van der Waals surface area contributed by atoms with E-state index in [0.717, 1.165) is 6.07 Å². The lowest BCUT2D eigenvalue weighted by Gasteiger charge is -2.19. The van der Waals surface area contributed by atoms with Crippen LogP contribution in [0.25, 0.3) is 0 Å². The average Bonchev–Trinajstić information content (AvgIpc) is 2.45. The van der Waals surface area contributed by atoms with Gasteiger partial charge in [0.15, 0.2) is 11.6 Å². The number of benzene rings is 2. The molecule has 21 heavy (non-hydrogen) atoms. The smallest absolute Gasteiger partial charge is 0.165 e. The second-order valence-electron chi connectivity index (χ2n) is 4.74. The van der Waals surface area contributed by atoms with Crippen LogP contribution in [0.2, 0.25) is 0 Å². The highest BCUT2D eigenvalue weighted by Gasteiger charge is 2.19. The molecule has 2 aromatic carbocycles. The van der Waals surface area contributed by atoms with Crippen molar-refractivity contribution in [2.75, 3.05) is 14.2 Å². The van der Waals surface area contributed by atoms with Gasteiger partial charge in [-0.1, -0.05) is 6.07 Å². The summed E-state index contributed by atoms with van der Waals surface area (Å²) in [5.74, 6) is -1.69. The summed E-state index contributed by atoms with van der Waals surface area (Å²) in [6, 6.07) is 6.08. The van der Waals surface area contributed by atoms with Crippen LogP contribution in [-0.2, 0) is 0 Å². The highest BCUT2D eigenvalue weighted by Crippen LogP contribution is 2.29. The fourth-order valence-electron chi connectivity index (χ4n) is 2.26. The number of hydrogen-bond donors (Lipinski definition) is 1. The van der Waals surface area contributed by atoms with E-state index in [0.29, 0.717) is 11.1 Å². The van der Waals surface area contributed by atoms with Crippen molar-refractivity contribution < 1.29 is 17.9 Å². The van der Waals surface area contributed by atoms with Gasteiger partial charge >= 0.3 is 0 Å². The fraction of sp³-hybridized carbons (Fsp3) is 0.250. The minimum absolute atomic E-state index is 0.115. The molecule has 0 heterocycles. The molecule has 2 aromatic rings. The van der Waals surface area contributed by atoms with Crippen LogP contribution in [0.4, 0.5) is 13.2 Å². The zero-order chi connectivity index (χ0) is 15.6. The van der Waals surface area contributed by atoms with Gasteiger partial charge in [0.05, 0.1) is 13.2 Å². The normalized spacial score (nSPS) is 12.3. The van der Waals surface area contributed by atoms with E-state index in [1.54, 1.807) is 20.0 Å². The van der Waals surface area contributed by atoms with Crippen molar-refractivity contribution in [3.8, 4) is 5.75 Å². The quantitative estimate of drug-likeness (QED) is 0.928. The molecule has 0 fully saturated rings. The van der Waals surface area contributed by atoms with Crippen LogP contribution < -0.4 is 10.1 Å². The molecular weight excluding hydrogens is 279 g/mol. The van der Waals surface area contributed by atoms with Crippen LogP contribution in [0.1, 0.15) is 22.7 Å². The summed E-state index contributed by atoms with van der Waals surface area (Å²) in [4.78, 5) is 0. The molecule has 2 nitrogen and oxygen atoms in total. The third-order valence-corrected chi connectivity index (χ3v) is 3.39. The summed E-state index contributed by atoms with van der Waals surface area (Å²) < 4.78 is 46.0. The predicted octanol–water partition coefficient (Wildman–Crippen LogP) is 3.73. The first-order valence-electron chi connectivity index (χ1n) is 6.44. The fourth-order valence-corrected chi connectivity index (χ4v) is 2.26. The van der Waals surface area contributed by atoms with E-state index < -0.39 is 23.5 Å². The first-order chi connectivity index (χ1) is 9.97. The van der Waals surface area contributed by atoms with E-state index >= 15 is 0 Å². The summed E-state index contributed by atoms with van der Waals surface area (Å²) in [6.07, 6.45) is 0. The van der Waals surface area contributed by atoms with Crippen molar-refractivity contribution >= 4 is 0 Å². The van der Waals surface area contributed by atoms with Crippen molar-refractivity contribution in [1.29, 1.82) is 0 Å². The number of aryl methyl sites for hydroxylation is 1. The van der Waals surface area contributed by atoms with Crippen molar-refractivity contribution in [3.05, 3.63) is 64.5 Å². The van der Waals surface area contributed by atoms with Crippen molar-refractivity contribution in [1.82, 2.24) is 5.32 Å². The molecule has 1 atom stereocenters. The monoisotopic (exact) mass is 295 g/mol. The van der Waals surface area contributed by atoms with Gasteiger partial charge in [-0.05, 0) is 43.3 Å². The molecule has 0 aliphatic rings. The molecular formula is C16H16F3NO. The SMILES string of the molecule is CNC(c1ccc(OC)c(F)c1)c1cc(C)c(F)cc1F. The molecule has 0 bridgehead atoms. The zero-order valence-electron chi connectivity index (χ0n) is 12.0. The molecule has 0 aromatic heterocycles. The lowest BCUT2D eigenvalue weighted by atomic mass is 9.96. The minimum atomic E-state index is -0.673. The zero-order valence-corrected chi connectivity index (χ0v) is 12.0. The Morgan fingerprint density at radius 3 is 2.29 bits per heavy atom. The van der Waals surface area contributed by atoms with Crippen molar-refractivity contribution in [2.24, 2.45) is 0 Å². The van der Waals surface area contributed by atoms with E-state index in [4.69, 9.17) is 4.74 Å². The number of ether oxygens (including phenoxy) is 1. The second kappa shape index (κ2) is 6.18. The van der Waals surface area contributed by atoms with Crippen LogP contribution >= 0.6 is 0 Å². The van der Waals surface area contributed by atoms with Crippen LogP contribution in [0.3, 0.4) is 0 Å². The van der Waals surface area contributed by atoms with Crippen LogP contribution in [0, 0.1) is 24.4 Å². The molecule has 0 spiro atoms. The molecule has 2 rings (SSSR count). The summed E-state index contributed by atoms with van der Waals surface area (Å²) in [5.41, 5.74) is 1.13. The minimum Gasteiger partial charge on any atom is -0.494 e. The Hall–Kier alpha value is -2.01. The Morgan fingerprint density at radius 2 is 1.71 bits per heavy atom. The largest absolute Gasteiger partial charge is 0.494 e. The van der Waals surface area contributed by atoms with E-state index in [1.165, 1.54) is 25.3 Å². The number of nitrogens with one attached hydrogen (secondary N) is 1. The Balaban J connectivity index is 2.49. The molecule has 1 unspecified atom stereocenters. The maximum Gasteiger partial charge on any atom is 0.165 e. The maximum absolute atomic E-state index is 14.0. The van der Waals surface area contributed by atoms with E-state index in [2.05, 4.69) is 5.32 Å². The molecule has 0 radical (unpaired) electrons. The topological polar surface area (TPSA) is 21.3 Å². The highest BCUT2D eigenvalue weighted by atomic mass is 19.1. The van der Waals surface area contributed by atoms with Gasteiger partial charge in [-0.25, -0.2) is 13.2 Å². The van der Waals surface area contributed by atoms with Crippen molar-refractivity contribution in [3.63, 3.8) is 0 Å². The predicted molar refractivity (Wildman–Crippen MR) is 74.9 cm³/mol. The summed E-state index contributed by atoms with van der Waals surface area (Å²) in [5, 5.41) is 2.92. The molecule has 5 heteroatoms. The molecule has 0 aliphatic carbocycles. The van der Waals surface area contributed by atoms with Gasteiger partial charge in [-0.2, -0.15) is 0 Å². The van der Waals surface area contributed by atoms with Gasteiger partial charge in [0.2, 0.25) is 0 Å². The van der Waals surface area contributed by atoms with Crippen LogP contribution in [0.15, 0.2) is 30.3 Å². The summed E-state index contributed by atoms with van der Waals surface area (Å²) >= 11 is 0. The number of hydrogen-bond acceptors (Lipinski definition) is 2.